The molecule has 2 N–H and O–H groups in total. The van der Waals surface area contributed by atoms with Crippen LogP contribution in [0.2, 0.25) is 0 Å². The highest BCUT2D eigenvalue weighted by atomic mass is 16.6. The first-order valence-corrected chi connectivity index (χ1v) is 7.50. The van der Waals surface area contributed by atoms with E-state index in [1.807, 2.05) is 44.2 Å². The Morgan fingerprint density at radius 3 is 2.23 bits per heavy atom. The van der Waals surface area contributed by atoms with Crippen LogP contribution in [0.5, 0.6) is 0 Å². The van der Waals surface area contributed by atoms with Crippen LogP contribution in [0.4, 0.5) is 4.79 Å². The van der Waals surface area contributed by atoms with E-state index in [1.54, 1.807) is 20.8 Å². The highest BCUT2D eigenvalue weighted by Crippen LogP contribution is 2.09. The van der Waals surface area contributed by atoms with Gasteiger partial charge in [0.2, 0.25) is 5.91 Å². The Morgan fingerprint density at radius 1 is 1.14 bits per heavy atom. The number of rotatable bonds is 5. The molecule has 0 radical (unpaired) electrons. The minimum absolute atomic E-state index is 0.0386. The van der Waals surface area contributed by atoms with Crippen LogP contribution < -0.4 is 10.6 Å². The third kappa shape index (κ3) is 6.61. The van der Waals surface area contributed by atoms with Gasteiger partial charge in [0.25, 0.3) is 0 Å². The number of carbonyl (C=O) groups excluding carboxylic acids is 2. The van der Waals surface area contributed by atoms with Crippen molar-refractivity contribution in [1.29, 1.82) is 0 Å². The molecule has 1 unspecified atom stereocenters. The molecule has 0 bridgehead atoms. The Labute approximate surface area is 132 Å². The molecular weight excluding hydrogens is 280 g/mol. The second-order valence-corrected chi connectivity index (χ2v) is 6.57. The summed E-state index contributed by atoms with van der Waals surface area (Å²) in [5.41, 5.74) is 0.419. The second kappa shape index (κ2) is 7.82. The SMILES string of the molecule is CC(C)C(NC(=O)OC(C)(C)C)C(=O)NCc1ccccc1. The van der Waals surface area contributed by atoms with Crippen molar-refractivity contribution in [2.75, 3.05) is 0 Å². The summed E-state index contributed by atoms with van der Waals surface area (Å²) in [5.74, 6) is -0.256. The van der Waals surface area contributed by atoms with Gasteiger partial charge in [-0.05, 0) is 32.3 Å². The van der Waals surface area contributed by atoms with E-state index < -0.39 is 17.7 Å². The second-order valence-electron chi connectivity index (χ2n) is 6.57. The third-order valence-corrected chi connectivity index (χ3v) is 2.93. The van der Waals surface area contributed by atoms with E-state index in [9.17, 15) is 9.59 Å². The summed E-state index contributed by atoms with van der Waals surface area (Å²) in [6.45, 7) is 9.54. The van der Waals surface area contributed by atoms with Crippen molar-refractivity contribution in [3.63, 3.8) is 0 Å². The van der Waals surface area contributed by atoms with Gasteiger partial charge in [-0.15, -0.1) is 0 Å². The van der Waals surface area contributed by atoms with E-state index in [-0.39, 0.29) is 11.8 Å². The monoisotopic (exact) mass is 306 g/mol. The first-order chi connectivity index (χ1) is 10.2. The first-order valence-electron chi connectivity index (χ1n) is 7.50. The van der Waals surface area contributed by atoms with Crippen molar-refractivity contribution in [2.45, 2.75) is 52.8 Å². The topological polar surface area (TPSA) is 67.4 Å². The molecular formula is C17H26N2O3. The average molecular weight is 306 g/mol. The van der Waals surface area contributed by atoms with Gasteiger partial charge in [-0.25, -0.2) is 4.79 Å². The molecule has 0 heterocycles. The summed E-state index contributed by atoms with van der Waals surface area (Å²) in [6.07, 6.45) is -0.582. The summed E-state index contributed by atoms with van der Waals surface area (Å²) in [4.78, 5) is 24.1. The van der Waals surface area contributed by atoms with Gasteiger partial charge in [0.05, 0.1) is 0 Å². The van der Waals surface area contributed by atoms with Crippen LogP contribution in [0.1, 0.15) is 40.2 Å². The van der Waals surface area contributed by atoms with E-state index in [1.165, 1.54) is 0 Å². The number of benzene rings is 1. The van der Waals surface area contributed by atoms with Gasteiger partial charge in [-0.2, -0.15) is 0 Å². The maximum absolute atomic E-state index is 12.3. The molecule has 0 saturated heterocycles. The number of alkyl carbamates (subject to hydrolysis) is 1. The number of amides is 2. The van der Waals surface area contributed by atoms with Crippen LogP contribution >= 0.6 is 0 Å². The number of nitrogens with one attached hydrogen (secondary N) is 2. The maximum atomic E-state index is 12.3. The van der Waals surface area contributed by atoms with Crippen LogP contribution in [-0.2, 0) is 16.1 Å². The minimum atomic E-state index is -0.626. The lowest BCUT2D eigenvalue weighted by Crippen LogP contribution is -2.50. The van der Waals surface area contributed by atoms with Crippen molar-refractivity contribution in [1.82, 2.24) is 10.6 Å². The Morgan fingerprint density at radius 2 is 1.73 bits per heavy atom. The Kier molecular flexibility index (Phi) is 6.40. The fourth-order valence-electron chi connectivity index (χ4n) is 1.86. The standard InChI is InChI=1S/C17H26N2O3/c1-12(2)14(19-16(21)22-17(3,4)5)15(20)18-11-13-9-7-6-8-10-13/h6-10,12,14H,11H2,1-5H3,(H,18,20)(H,19,21). The van der Waals surface area contributed by atoms with E-state index in [4.69, 9.17) is 4.74 Å². The zero-order valence-corrected chi connectivity index (χ0v) is 14.0. The number of carbonyl (C=O) groups is 2. The quantitative estimate of drug-likeness (QED) is 0.879. The van der Waals surface area contributed by atoms with Gasteiger partial charge < -0.3 is 15.4 Å². The molecule has 1 atom stereocenters. The van der Waals surface area contributed by atoms with Crippen molar-refractivity contribution >= 4 is 12.0 Å². The molecule has 0 saturated carbocycles. The predicted octanol–water partition coefficient (Wildman–Crippen LogP) is 2.85. The molecule has 0 fully saturated rings. The van der Waals surface area contributed by atoms with Gasteiger partial charge in [0, 0.05) is 6.54 Å². The van der Waals surface area contributed by atoms with Crippen molar-refractivity contribution in [3.05, 3.63) is 35.9 Å². The van der Waals surface area contributed by atoms with Crippen LogP contribution in [0.25, 0.3) is 0 Å². The molecule has 1 rings (SSSR count). The van der Waals surface area contributed by atoms with Gasteiger partial charge >= 0.3 is 6.09 Å². The number of hydrogen-bond donors (Lipinski definition) is 2. The lowest BCUT2D eigenvalue weighted by atomic mass is 10.0. The van der Waals surface area contributed by atoms with Gasteiger partial charge in [-0.3, -0.25) is 4.79 Å². The molecule has 0 aliphatic carbocycles. The summed E-state index contributed by atoms with van der Waals surface area (Å²) in [7, 11) is 0. The fourth-order valence-corrected chi connectivity index (χ4v) is 1.86. The van der Waals surface area contributed by atoms with Crippen LogP contribution in [-0.4, -0.2) is 23.6 Å². The summed E-state index contributed by atoms with van der Waals surface area (Å²) in [5, 5.41) is 5.48. The summed E-state index contributed by atoms with van der Waals surface area (Å²) in [6, 6.07) is 9.00. The smallest absolute Gasteiger partial charge is 0.408 e. The normalized spacial score (nSPS) is 12.6. The first kappa shape index (κ1) is 18.0. The molecule has 0 aliphatic rings. The number of ether oxygens (including phenoxy) is 1. The summed E-state index contributed by atoms with van der Waals surface area (Å²) < 4.78 is 5.20. The molecule has 0 spiro atoms. The molecule has 122 valence electrons. The van der Waals surface area contributed by atoms with Crippen LogP contribution in [0, 0.1) is 5.92 Å². The van der Waals surface area contributed by atoms with E-state index in [0.29, 0.717) is 6.54 Å². The average Bonchev–Trinajstić information content (AvgIpc) is 2.41. The Balaban J connectivity index is 2.58. The molecule has 22 heavy (non-hydrogen) atoms. The lowest BCUT2D eigenvalue weighted by Gasteiger charge is -2.25. The lowest BCUT2D eigenvalue weighted by molar-refractivity contribution is -0.124. The highest BCUT2D eigenvalue weighted by Gasteiger charge is 2.26. The molecule has 2 amide bonds. The van der Waals surface area contributed by atoms with Crippen molar-refractivity contribution in [2.24, 2.45) is 5.92 Å². The van der Waals surface area contributed by atoms with Crippen LogP contribution in [0.3, 0.4) is 0 Å². The zero-order valence-electron chi connectivity index (χ0n) is 14.0. The van der Waals surface area contributed by atoms with Crippen LogP contribution in [0.15, 0.2) is 30.3 Å². The zero-order chi connectivity index (χ0) is 16.8. The minimum Gasteiger partial charge on any atom is -0.444 e. The number of hydrogen-bond acceptors (Lipinski definition) is 3. The van der Waals surface area contributed by atoms with E-state index >= 15 is 0 Å². The highest BCUT2D eigenvalue weighted by molar-refractivity contribution is 5.85. The molecule has 5 heteroatoms. The Bertz CT molecular complexity index is 492. The predicted molar refractivity (Wildman–Crippen MR) is 86.3 cm³/mol. The Hall–Kier alpha value is -2.04. The van der Waals surface area contributed by atoms with E-state index in [0.717, 1.165) is 5.56 Å². The third-order valence-electron chi connectivity index (χ3n) is 2.93. The molecule has 1 aromatic carbocycles. The molecule has 1 aromatic rings. The molecule has 0 aromatic heterocycles. The largest absolute Gasteiger partial charge is 0.444 e. The van der Waals surface area contributed by atoms with Crippen molar-refractivity contribution < 1.29 is 14.3 Å². The fraction of sp³-hybridized carbons (Fsp3) is 0.529. The van der Waals surface area contributed by atoms with Crippen molar-refractivity contribution in [3.8, 4) is 0 Å². The molecule has 0 aliphatic heterocycles. The van der Waals surface area contributed by atoms with Gasteiger partial charge in [-0.1, -0.05) is 44.2 Å². The molecule has 5 nitrogen and oxygen atoms in total. The van der Waals surface area contributed by atoms with E-state index in [2.05, 4.69) is 10.6 Å². The van der Waals surface area contributed by atoms with Gasteiger partial charge in [0.15, 0.2) is 0 Å². The van der Waals surface area contributed by atoms with Gasteiger partial charge in [0.1, 0.15) is 11.6 Å². The maximum Gasteiger partial charge on any atom is 0.408 e. The summed E-state index contributed by atoms with van der Waals surface area (Å²) >= 11 is 0.